The minimum atomic E-state index is -2.73. The quantitative estimate of drug-likeness (QED) is 0.732. The lowest BCUT2D eigenvalue weighted by Crippen LogP contribution is -2.49. The summed E-state index contributed by atoms with van der Waals surface area (Å²) >= 11 is 0. The predicted octanol–water partition coefficient (Wildman–Crippen LogP) is 0.687. The number of hydrogen-bond donors (Lipinski definition) is 2. The third-order valence-electron chi connectivity index (χ3n) is 3.46. The van der Waals surface area contributed by atoms with E-state index in [0.717, 1.165) is 6.08 Å². The first-order valence-corrected chi connectivity index (χ1v) is 6.42. The van der Waals surface area contributed by atoms with Crippen molar-refractivity contribution in [3.8, 4) is 0 Å². The maximum absolute atomic E-state index is 13.0. The molecular weight excluding hydrogens is 270 g/mol. The Hall–Kier alpha value is -1.50. The van der Waals surface area contributed by atoms with Crippen molar-refractivity contribution in [2.75, 3.05) is 20.1 Å². The summed E-state index contributed by atoms with van der Waals surface area (Å²) < 4.78 is 26.0. The smallest absolute Gasteiger partial charge is 0.248 e. The van der Waals surface area contributed by atoms with Gasteiger partial charge in [-0.25, -0.2) is 8.78 Å². The zero-order valence-corrected chi connectivity index (χ0v) is 11.5. The first-order valence-electron chi connectivity index (χ1n) is 6.42. The number of carbonyl (C=O) groups excluding carboxylic acids is 2. The van der Waals surface area contributed by atoms with Crippen LogP contribution in [0.15, 0.2) is 12.7 Å². The number of hydrogen-bond acceptors (Lipinski definition) is 3. The van der Waals surface area contributed by atoms with Gasteiger partial charge in [-0.3, -0.25) is 9.59 Å². The third-order valence-corrected chi connectivity index (χ3v) is 3.46. The summed E-state index contributed by atoms with van der Waals surface area (Å²) in [6, 6.07) is 0. The molecule has 0 bridgehead atoms. The second-order valence-corrected chi connectivity index (χ2v) is 5.26. The first-order chi connectivity index (χ1) is 9.17. The average Bonchev–Trinajstić information content (AvgIpc) is 2.39. The topological polar surface area (TPSA) is 69.6 Å². The van der Waals surface area contributed by atoms with Crippen molar-refractivity contribution in [3.05, 3.63) is 12.7 Å². The van der Waals surface area contributed by atoms with Gasteiger partial charge < -0.3 is 15.3 Å². The molecule has 2 amide bonds. The molecule has 0 radical (unpaired) electrons. The molecular formula is C13H20F2N2O3. The number of nitrogens with one attached hydrogen (secondary N) is 1. The molecule has 1 rings (SSSR count). The van der Waals surface area contributed by atoms with Crippen LogP contribution in [0.1, 0.15) is 25.7 Å². The van der Waals surface area contributed by atoms with E-state index >= 15 is 0 Å². The normalized spacial score (nSPS) is 20.0. The highest BCUT2D eigenvalue weighted by atomic mass is 19.3. The lowest BCUT2D eigenvalue weighted by atomic mass is 9.83. The fourth-order valence-electron chi connectivity index (χ4n) is 2.03. The van der Waals surface area contributed by atoms with Gasteiger partial charge in [0.05, 0.1) is 12.1 Å². The zero-order valence-electron chi connectivity index (χ0n) is 11.5. The zero-order chi connectivity index (χ0) is 15.4. The maximum atomic E-state index is 13.0. The van der Waals surface area contributed by atoms with Crippen LogP contribution in [0.25, 0.3) is 0 Å². The van der Waals surface area contributed by atoms with Crippen LogP contribution in [0.2, 0.25) is 0 Å². The average molecular weight is 290 g/mol. The van der Waals surface area contributed by atoms with Crippen molar-refractivity contribution < 1.29 is 23.5 Å². The standard InChI is InChI=1S/C13H20F2N2O3/c1-3-11(19)17(2)8-10(18)16-9-12(20)4-6-13(14,15)7-5-12/h3,20H,1,4-9H2,2H3,(H,16,18). The van der Waals surface area contributed by atoms with Gasteiger partial charge in [0.2, 0.25) is 17.7 Å². The number of halogens is 2. The van der Waals surface area contributed by atoms with E-state index in [1.165, 1.54) is 11.9 Å². The number of alkyl halides is 2. The van der Waals surface area contributed by atoms with Crippen LogP contribution in [0.5, 0.6) is 0 Å². The first kappa shape index (κ1) is 16.6. The molecule has 0 spiro atoms. The van der Waals surface area contributed by atoms with Gasteiger partial charge in [-0.1, -0.05) is 6.58 Å². The minimum absolute atomic E-state index is 0.0539. The van der Waals surface area contributed by atoms with Crippen LogP contribution in [0.4, 0.5) is 8.78 Å². The van der Waals surface area contributed by atoms with Gasteiger partial charge in [0.15, 0.2) is 0 Å². The van der Waals surface area contributed by atoms with E-state index < -0.39 is 23.3 Å². The molecule has 2 N–H and O–H groups in total. The second kappa shape index (κ2) is 6.30. The Morgan fingerprint density at radius 2 is 1.90 bits per heavy atom. The van der Waals surface area contributed by atoms with Crippen LogP contribution < -0.4 is 5.32 Å². The lowest BCUT2D eigenvalue weighted by Gasteiger charge is -2.36. The maximum Gasteiger partial charge on any atom is 0.248 e. The summed E-state index contributed by atoms with van der Waals surface area (Å²) in [5.41, 5.74) is -1.29. The van der Waals surface area contributed by atoms with Gasteiger partial charge in [0, 0.05) is 26.4 Å². The molecule has 1 aliphatic rings. The van der Waals surface area contributed by atoms with Crippen molar-refractivity contribution >= 4 is 11.8 Å². The fourth-order valence-corrected chi connectivity index (χ4v) is 2.03. The highest BCUT2D eigenvalue weighted by Crippen LogP contribution is 2.38. The molecule has 0 atom stereocenters. The predicted molar refractivity (Wildman–Crippen MR) is 69.2 cm³/mol. The van der Waals surface area contributed by atoms with E-state index in [2.05, 4.69) is 11.9 Å². The molecule has 1 saturated carbocycles. The summed E-state index contributed by atoms with van der Waals surface area (Å²) in [6.07, 6.45) is 0.218. The molecule has 114 valence electrons. The Kier molecular flexibility index (Phi) is 5.21. The van der Waals surface area contributed by atoms with Crippen molar-refractivity contribution in [2.24, 2.45) is 0 Å². The Morgan fingerprint density at radius 3 is 2.40 bits per heavy atom. The summed E-state index contributed by atoms with van der Waals surface area (Å²) in [7, 11) is 1.44. The molecule has 0 heterocycles. The Balaban J connectivity index is 2.37. The summed E-state index contributed by atoms with van der Waals surface area (Å²) in [4.78, 5) is 23.9. The number of likely N-dealkylation sites (N-methyl/N-ethyl adjacent to an activating group) is 1. The monoisotopic (exact) mass is 290 g/mol. The summed E-state index contributed by atoms with van der Waals surface area (Å²) in [5, 5.41) is 12.6. The Morgan fingerprint density at radius 1 is 1.35 bits per heavy atom. The van der Waals surface area contributed by atoms with Crippen LogP contribution >= 0.6 is 0 Å². The highest BCUT2D eigenvalue weighted by Gasteiger charge is 2.42. The van der Waals surface area contributed by atoms with E-state index in [0.29, 0.717) is 0 Å². The van der Waals surface area contributed by atoms with Crippen LogP contribution in [0, 0.1) is 0 Å². The lowest BCUT2D eigenvalue weighted by molar-refractivity contribution is -0.133. The molecule has 7 heteroatoms. The van der Waals surface area contributed by atoms with Gasteiger partial charge in [-0.05, 0) is 18.9 Å². The van der Waals surface area contributed by atoms with Crippen molar-refractivity contribution in [1.82, 2.24) is 10.2 Å². The van der Waals surface area contributed by atoms with E-state index in [1.807, 2.05) is 0 Å². The fraction of sp³-hybridized carbons (Fsp3) is 0.692. The van der Waals surface area contributed by atoms with Crippen molar-refractivity contribution in [2.45, 2.75) is 37.2 Å². The molecule has 1 fully saturated rings. The van der Waals surface area contributed by atoms with Gasteiger partial charge in [0.25, 0.3) is 0 Å². The van der Waals surface area contributed by atoms with E-state index in [1.54, 1.807) is 0 Å². The van der Waals surface area contributed by atoms with Crippen LogP contribution in [-0.4, -0.2) is 53.5 Å². The number of aliphatic hydroxyl groups is 1. The van der Waals surface area contributed by atoms with Gasteiger partial charge in [-0.2, -0.15) is 0 Å². The van der Waals surface area contributed by atoms with Gasteiger partial charge in [0.1, 0.15) is 0 Å². The Bertz CT molecular complexity index is 389. The largest absolute Gasteiger partial charge is 0.388 e. The van der Waals surface area contributed by atoms with Crippen LogP contribution in [-0.2, 0) is 9.59 Å². The Labute approximate surface area is 116 Å². The molecule has 0 aromatic carbocycles. The molecule has 0 aliphatic heterocycles. The number of amides is 2. The van der Waals surface area contributed by atoms with Crippen molar-refractivity contribution in [3.63, 3.8) is 0 Å². The molecule has 0 saturated heterocycles. The van der Waals surface area contributed by atoms with E-state index in [4.69, 9.17) is 0 Å². The number of rotatable bonds is 5. The van der Waals surface area contributed by atoms with E-state index in [-0.39, 0.29) is 38.8 Å². The summed E-state index contributed by atoms with van der Waals surface area (Å²) in [6.45, 7) is 3.04. The minimum Gasteiger partial charge on any atom is -0.388 e. The van der Waals surface area contributed by atoms with Crippen molar-refractivity contribution in [1.29, 1.82) is 0 Å². The molecule has 5 nitrogen and oxygen atoms in total. The van der Waals surface area contributed by atoms with Gasteiger partial charge in [-0.15, -0.1) is 0 Å². The highest BCUT2D eigenvalue weighted by molar-refractivity contribution is 5.90. The summed E-state index contributed by atoms with van der Waals surface area (Å²) in [5.74, 6) is -3.57. The van der Waals surface area contributed by atoms with E-state index in [9.17, 15) is 23.5 Å². The molecule has 20 heavy (non-hydrogen) atoms. The number of nitrogens with zero attached hydrogens (tertiary/aromatic N) is 1. The molecule has 0 aromatic heterocycles. The second-order valence-electron chi connectivity index (χ2n) is 5.26. The van der Waals surface area contributed by atoms with Crippen LogP contribution in [0.3, 0.4) is 0 Å². The molecule has 0 aromatic rings. The number of carbonyl (C=O) groups is 2. The third kappa shape index (κ3) is 4.88. The molecule has 0 unspecified atom stereocenters. The SMILES string of the molecule is C=CC(=O)N(C)CC(=O)NCC1(O)CCC(F)(F)CC1. The molecule has 1 aliphatic carbocycles. The van der Waals surface area contributed by atoms with Gasteiger partial charge >= 0.3 is 0 Å².